The zero-order valence-electron chi connectivity index (χ0n) is 22.0. The molecule has 0 radical (unpaired) electrons. The molecule has 1 aromatic rings. The van der Waals surface area contributed by atoms with E-state index in [9.17, 15) is 18.1 Å². The summed E-state index contributed by atoms with van der Waals surface area (Å²) in [4.78, 5) is -0.375. The number of methoxy groups -OCH3 is 2. The van der Waals surface area contributed by atoms with Gasteiger partial charge in [-0.05, 0) is 53.4 Å². The Morgan fingerprint density at radius 2 is 1.38 bits per heavy atom. The molecule has 1 atom stereocenters. The van der Waals surface area contributed by atoms with Crippen LogP contribution < -0.4 is 9.47 Å². The second kappa shape index (κ2) is 9.41. The summed E-state index contributed by atoms with van der Waals surface area (Å²) < 4.78 is 46.6. The van der Waals surface area contributed by atoms with E-state index in [2.05, 4.69) is 62.3 Å². The van der Waals surface area contributed by atoms with Gasteiger partial charge in [-0.25, -0.2) is 0 Å². The zero-order chi connectivity index (χ0) is 25.4. The Morgan fingerprint density at radius 1 is 0.906 bits per heavy atom. The molecular formula is C25H44O6S. The van der Waals surface area contributed by atoms with Crippen LogP contribution in [0, 0.1) is 29.1 Å². The van der Waals surface area contributed by atoms with Gasteiger partial charge in [-0.15, -0.1) is 0 Å². The lowest BCUT2D eigenvalue weighted by Crippen LogP contribution is -2.39. The highest BCUT2D eigenvalue weighted by molar-refractivity contribution is 7.86. The molecule has 7 heteroatoms. The highest BCUT2D eigenvalue weighted by Crippen LogP contribution is 2.59. The molecule has 0 bridgehead atoms. The molecule has 6 nitrogen and oxygen atoms in total. The number of ether oxygens (including phenoxy) is 2. The van der Waals surface area contributed by atoms with Crippen molar-refractivity contribution in [3.05, 3.63) is 11.1 Å². The smallest absolute Gasteiger partial charge is 0.298 e. The summed E-state index contributed by atoms with van der Waals surface area (Å²) in [6.45, 7) is 21.1. The molecule has 2 N–H and O–H groups in total. The van der Waals surface area contributed by atoms with Gasteiger partial charge in [-0.2, -0.15) is 8.42 Å². The summed E-state index contributed by atoms with van der Waals surface area (Å²) in [7, 11) is -2.03. The number of phenols is 1. The van der Waals surface area contributed by atoms with E-state index in [1.807, 2.05) is 0 Å². The molecule has 0 fully saturated rings. The van der Waals surface area contributed by atoms with Gasteiger partial charge in [0, 0.05) is 5.56 Å². The number of rotatable bonds is 9. The number of aromatic hydroxyl groups is 1. The van der Waals surface area contributed by atoms with Crippen LogP contribution in [0.15, 0.2) is 4.90 Å². The minimum absolute atomic E-state index is 0.0209. The third kappa shape index (κ3) is 6.10. The lowest BCUT2D eigenvalue weighted by Gasteiger charge is -2.49. The van der Waals surface area contributed by atoms with Crippen LogP contribution in [0.5, 0.6) is 17.2 Å². The summed E-state index contributed by atoms with van der Waals surface area (Å²) in [5, 5.41) is 10.7. The van der Waals surface area contributed by atoms with E-state index in [-0.39, 0.29) is 38.6 Å². The third-order valence-corrected chi connectivity index (χ3v) is 6.98. The van der Waals surface area contributed by atoms with Crippen molar-refractivity contribution in [2.75, 3.05) is 14.2 Å². The minimum Gasteiger partial charge on any atom is -0.502 e. The third-order valence-electron chi connectivity index (χ3n) is 6.06. The zero-order valence-corrected chi connectivity index (χ0v) is 22.8. The second-order valence-corrected chi connectivity index (χ2v) is 13.4. The summed E-state index contributed by atoms with van der Waals surface area (Å²) in [5.41, 5.74) is 0.196. The van der Waals surface area contributed by atoms with Crippen molar-refractivity contribution in [3.8, 4) is 17.2 Å². The molecule has 32 heavy (non-hydrogen) atoms. The molecule has 0 heterocycles. The van der Waals surface area contributed by atoms with Gasteiger partial charge in [0.15, 0.2) is 11.5 Å². The quantitative estimate of drug-likeness (QED) is 0.394. The normalized spacial score (nSPS) is 14.6. The predicted octanol–water partition coefficient (Wildman–Crippen LogP) is 6.58. The average molecular weight is 473 g/mol. The predicted molar refractivity (Wildman–Crippen MR) is 130 cm³/mol. The SMILES string of the molecule is COc1c(C)c(C(C(C)(C)CC(C)C)C(C)(C)CC(C)(C)C)c(S(=O)(=O)O)c(OC)c1O. The van der Waals surface area contributed by atoms with Crippen LogP contribution in [0.3, 0.4) is 0 Å². The number of hydrogen-bond acceptors (Lipinski definition) is 5. The first-order valence-electron chi connectivity index (χ1n) is 11.2. The van der Waals surface area contributed by atoms with E-state index >= 15 is 0 Å². The van der Waals surface area contributed by atoms with Gasteiger partial charge in [0.2, 0.25) is 5.75 Å². The summed E-state index contributed by atoms with van der Waals surface area (Å²) >= 11 is 0. The Balaban J connectivity index is 4.28. The molecule has 0 aliphatic heterocycles. The molecular weight excluding hydrogens is 428 g/mol. The lowest BCUT2D eigenvalue weighted by molar-refractivity contribution is 0.0763. The second-order valence-electron chi connectivity index (χ2n) is 12.0. The number of phenolic OH excluding ortho intramolecular Hbond substituents is 1. The maximum absolute atomic E-state index is 12.7. The largest absolute Gasteiger partial charge is 0.502 e. The van der Waals surface area contributed by atoms with Crippen molar-refractivity contribution in [1.29, 1.82) is 0 Å². The summed E-state index contributed by atoms with van der Waals surface area (Å²) in [5.74, 6) is -0.494. The molecule has 186 valence electrons. The fraction of sp³-hybridized carbons (Fsp3) is 0.760. The molecule has 0 spiro atoms. The van der Waals surface area contributed by atoms with E-state index in [4.69, 9.17) is 9.47 Å². The van der Waals surface area contributed by atoms with Gasteiger partial charge in [0.05, 0.1) is 14.2 Å². The van der Waals surface area contributed by atoms with Gasteiger partial charge in [-0.1, -0.05) is 62.3 Å². The van der Waals surface area contributed by atoms with Crippen molar-refractivity contribution < 1.29 is 27.6 Å². The minimum atomic E-state index is -4.72. The van der Waals surface area contributed by atoms with E-state index in [1.54, 1.807) is 6.92 Å². The van der Waals surface area contributed by atoms with Gasteiger partial charge >= 0.3 is 0 Å². The Hall–Kier alpha value is -1.47. The van der Waals surface area contributed by atoms with Crippen LogP contribution in [0.25, 0.3) is 0 Å². The lowest BCUT2D eigenvalue weighted by atomic mass is 9.56. The van der Waals surface area contributed by atoms with Crippen molar-refractivity contribution in [1.82, 2.24) is 0 Å². The van der Waals surface area contributed by atoms with Crippen molar-refractivity contribution in [2.24, 2.45) is 22.2 Å². The molecule has 1 unspecified atom stereocenters. The standard InChI is InChI=1S/C25H44O6S/c1-15(2)13-24(7,8)22(25(9,10)14-23(4,5)6)17-16(3)19(30-11)18(26)20(31-12)21(17)32(27,28)29/h15,22,26H,13-14H2,1-12H3,(H,27,28,29). The van der Waals surface area contributed by atoms with Gasteiger partial charge in [0.25, 0.3) is 10.1 Å². The molecule has 0 aliphatic rings. The molecule has 0 saturated heterocycles. The molecule has 1 aromatic carbocycles. The number of hydrogen-bond donors (Lipinski definition) is 2. The van der Waals surface area contributed by atoms with Crippen LogP contribution in [0.4, 0.5) is 0 Å². The van der Waals surface area contributed by atoms with Crippen LogP contribution in [0.2, 0.25) is 0 Å². The van der Waals surface area contributed by atoms with Crippen molar-refractivity contribution in [2.45, 2.75) is 92.9 Å². The molecule has 1 rings (SSSR count). The first-order chi connectivity index (χ1) is 14.2. The fourth-order valence-corrected chi connectivity index (χ4v) is 7.29. The van der Waals surface area contributed by atoms with Gasteiger partial charge < -0.3 is 14.6 Å². The Kier molecular flexibility index (Phi) is 8.40. The van der Waals surface area contributed by atoms with Gasteiger partial charge in [-0.3, -0.25) is 4.55 Å². The summed E-state index contributed by atoms with van der Waals surface area (Å²) in [6.07, 6.45) is 1.64. The monoisotopic (exact) mass is 472 g/mol. The van der Waals surface area contributed by atoms with Crippen molar-refractivity contribution in [3.63, 3.8) is 0 Å². The Labute approximate surface area is 195 Å². The fourth-order valence-electron chi connectivity index (χ4n) is 6.32. The van der Waals surface area contributed by atoms with E-state index < -0.39 is 15.9 Å². The summed E-state index contributed by atoms with van der Waals surface area (Å²) in [6, 6.07) is 0. The maximum Gasteiger partial charge on any atom is 0.298 e. The molecule has 0 aromatic heterocycles. The average Bonchev–Trinajstić information content (AvgIpc) is 2.52. The molecule has 0 saturated carbocycles. The Morgan fingerprint density at radius 3 is 1.72 bits per heavy atom. The first-order valence-corrected chi connectivity index (χ1v) is 12.6. The van der Waals surface area contributed by atoms with E-state index in [0.29, 0.717) is 17.0 Å². The van der Waals surface area contributed by atoms with E-state index in [1.165, 1.54) is 14.2 Å². The van der Waals surface area contributed by atoms with Crippen LogP contribution >= 0.6 is 0 Å². The van der Waals surface area contributed by atoms with E-state index in [0.717, 1.165) is 12.8 Å². The van der Waals surface area contributed by atoms with Crippen molar-refractivity contribution >= 4 is 10.1 Å². The Bertz CT molecular complexity index is 921. The van der Waals surface area contributed by atoms with Crippen LogP contribution in [0.1, 0.15) is 92.2 Å². The van der Waals surface area contributed by atoms with Crippen LogP contribution in [-0.2, 0) is 10.1 Å². The molecule has 0 amide bonds. The maximum atomic E-state index is 12.7. The van der Waals surface area contributed by atoms with Crippen LogP contribution in [-0.4, -0.2) is 32.3 Å². The van der Waals surface area contributed by atoms with Gasteiger partial charge in [0.1, 0.15) is 4.90 Å². The molecule has 0 aliphatic carbocycles. The first kappa shape index (κ1) is 28.6. The highest BCUT2D eigenvalue weighted by atomic mass is 32.2. The topological polar surface area (TPSA) is 93.1 Å². The highest BCUT2D eigenvalue weighted by Gasteiger charge is 2.48. The number of benzene rings is 1.